The summed E-state index contributed by atoms with van der Waals surface area (Å²) in [4.78, 5) is 17.7. The van der Waals surface area contributed by atoms with Crippen LogP contribution in [0.4, 0.5) is 5.69 Å². The van der Waals surface area contributed by atoms with E-state index < -0.39 is 0 Å². The summed E-state index contributed by atoms with van der Waals surface area (Å²) in [6, 6.07) is 12.0. The Labute approximate surface area is 184 Å². The lowest BCUT2D eigenvalue weighted by molar-refractivity contribution is -0.124. The van der Waals surface area contributed by atoms with Crippen molar-refractivity contribution in [1.82, 2.24) is 4.90 Å². The summed E-state index contributed by atoms with van der Waals surface area (Å²) in [5.41, 5.74) is 3.25. The molecular weight excluding hydrogens is 459 g/mol. The number of halogens is 3. The second-order valence-corrected chi connectivity index (χ2v) is 9.54. The third kappa shape index (κ3) is 3.97. The Morgan fingerprint density at radius 3 is 2.71 bits per heavy atom. The molecule has 0 N–H and O–H groups in total. The van der Waals surface area contributed by atoms with Crippen molar-refractivity contribution in [1.29, 1.82) is 0 Å². The van der Waals surface area contributed by atoms with Crippen LogP contribution in [0.15, 0.2) is 40.9 Å². The minimum atomic E-state index is 0.00654. The Kier molecular flexibility index (Phi) is 6.03. The molecule has 6 heteroatoms. The first-order valence-electron chi connectivity index (χ1n) is 9.71. The summed E-state index contributed by atoms with van der Waals surface area (Å²) in [7, 11) is 0. The fourth-order valence-corrected chi connectivity index (χ4v) is 5.37. The van der Waals surface area contributed by atoms with Gasteiger partial charge in [0.05, 0.1) is 5.92 Å². The fourth-order valence-electron chi connectivity index (χ4n) is 4.44. The predicted octanol–water partition coefficient (Wildman–Crippen LogP) is 5.95. The molecule has 0 radical (unpaired) electrons. The average Bonchev–Trinajstić information content (AvgIpc) is 2.99. The molecule has 1 amide bonds. The normalized spacial score (nSPS) is 22.4. The molecular formula is C22H23BrCl2N2O. The third-order valence-electron chi connectivity index (χ3n) is 5.79. The van der Waals surface area contributed by atoms with Crippen LogP contribution in [0, 0.1) is 5.92 Å². The van der Waals surface area contributed by atoms with Crippen molar-refractivity contribution in [2.24, 2.45) is 5.92 Å². The first-order valence-corrected chi connectivity index (χ1v) is 11.3. The number of nitrogens with zero attached hydrogens (tertiary/aromatic N) is 2. The summed E-state index contributed by atoms with van der Waals surface area (Å²) in [5.74, 6) is 0.246. The van der Waals surface area contributed by atoms with E-state index in [1.165, 1.54) is 5.56 Å². The molecule has 0 spiro atoms. The maximum Gasteiger partial charge on any atom is 0.231 e. The van der Waals surface area contributed by atoms with Gasteiger partial charge >= 0.3 is 0 Å². The van der Waals surface area contributed by atoms with Crippen molar-refractivity contribution < 1.29 is 4.79 Å². The largest absolute Gasteiger partial charge is 0.309 e. The van der Waals surface area contributed by atoms with Crippen LogP contribution in [0.1, 0.15) is 30.9 Å². The van der Waals surface area contributed by atoms with E-state index >= 15 is 0 Å². The number of benzene rings is 2. The van der Waals surface area contributed by atoms with E-state index in [9.17, 15) is 4.79 Å². The van der Waals surface area contributed by atoms with Gasteiger partial charge in [0.15, 0.2) is 0 Å². The minimum Gasteiger partial charge on any atom is -0.309 e. The first-order chi connectivity index (χ1) is 13.4. The molecule has 2 aliphatic heterocycles. The zero-order valence-electron chi connectivity index (χ0n) is 15.8. The van der Waals surface area contributed by atoms with Gasteiger partial charge in [-0.3, -0.25) is 9.69 Å². The maximum atomic E-state index is 13.4. The number of rotatable bonds is 3. The van der Waals surface area contributed by atoms with Gasteiger partial charge in [0.25, 0.3) is 0 Å². The summed E-state index contributed by atoms with van der Waals surface area (Å²) in [6.07, 6.45) is 2.85. The highest BCUT2D eigenvalue weighted by Gasteiger charge is 2.36. The van der Waals surface area contributed by atoms with E-state index in [-0.39, 0.29) is 17.9 Å². The van der Waals surface area contributed by atoms with Crippen LogP contribution in [0.25, 0.3) is 0 Å². The molecule has 2 atom stereocenters. The van der Waals surface area contributed by atoms with Gasteiger partial charge in [-0.25, -0.2) is 0 Å². The predicted molar refractivity (Wildman–Crippen MR) is 119 cm³/mol. The standard InChI is InChI=1S/C22H23BrCl2N2O/c1-14-10-16-11-17(23)7-8-21(16)27(14)22(28)15-4-3-9-26(12-15)13-18-19(24)5-2-6-20(18)25/h2,5-8,11,14-15H,3-4,9-10,12-13H2,1H3/t14-,15-/m0/s1. The number of amides is 1. The van der Waals surface area contributed by atoms with Gasteiger partial charge < -0.3 is 4.90 Å². The van der Waals surface area contributed by atoms with Crippen molar-refractivity contribution in [3.05, 3.63) is 62.0 Å². The second-order valence-electron chi connectivity index (χ2n) is 7.81. The lowest BCUT2D eigenvalue weighted by Crippen LogP contribution is -2.46. The quantitative estimate of drug-likeness (QED) is 0.541. The maximum absolute atomic E-state index is 13.4. The molecule has 0 saturated carbocycles. The van der Waals surface area contributed by atoms with Crippen molar-refractivity contribution in [2.75, 3.05) is 18.0 Å². The van der Waals surface area contributed by atoms with Crippen molar-refractivity contribution in [3.63, 3.8) is 0 Å². The van der Waals surface area contributed by atoms with Crippen LogP contribution in [0.3, 0.4) is 0 Å². The van der Waals surface area contributed by atoms with Crippen LogP contribution in [-0.2, 0) is 17.8 Å². The Morgan fingerprint density at radius 1 is 1.21 bits per heavy atom. The van der Waals surface area contributed by atoms with Crippen molar-refractivity contribution in [3.8, 4) is 0 Å². The number of anilines is 1. The second kappa shape index (κ2) is 8.35. The van der Waals surface area contributed by atoms with Gasteiger partial charge in [-0.05, 0) is 68.6 Å². The number of carbonyl (C=O) groups is 1. The van der Waals surface area contributed by atoms with E-state index in [0.717, 1.165) is 48.1 Å². The molecule has 0 unspecified atom stereocenters. The molecule has 0 bridgehead atoms. The monoisotopic (exact) mass is 480 g/mol. The lowest BCUT2D eigenvalue weighted by Gasteiger charge is -2.35. The number of fused-ring (bicyclic) bond motifs is 1. The molecule has 4 rings (SSSR count). The summed E-state index contributed by atoms with van der Waals surface area (Å²) < 4.78 is 1.06. The van der Waals surface area contributed by atoms with Crippen LogP contribution in [0.5, 0.6) is 0 Å². The van der Waals surface area contributed by atoms with Gasteiger partial charge in [0.2, 0.25) is 5.91 Å². The van der Waals surface area contributed by atoms with E-state index in [2.05, 4.69) is 39.9 Å². The number of hydrogen-bond donors (Lipinski definition) is 0. The highest BCUT2D eigenvalue weighted by Crippen LogP contribution is 2.36. The first kappa shape index (κ1) is 20.2. The van der Waals surface area contributed by atoms with E-state index in [4.69, 9.17) is 23.2 Å². The highest BCUT2D eigenvalue weighted by molar-refractivity contribution is 9.10. The zero-order chi connectivity index (χ0) is 19.8. The van der Waals surface area contributed by atoms with Crippen LogP contribution in [-0.4, -0.2) is 29.9 Å². The van der Waals surface area contributed by atoms with E-state index in [1.54, 1.807) is 0 Å². The Hall–Kier alpha value is -1.07. The molecule has 148 valence electrons. The molecule has 3 nitrogen and oxygen atoms in total. The summed E-state index contributed by atoms with van der Waals surface area (Å²) in [5, 5.41) is 1.38. The summed E-state index contributed by atoms with van der Waals surface area (Å²) >= 11 is 16.2. The average molecular weight is 482 g/mol. The van der Waals surface area contributed by atoms with E-state index in [0.29, 0.717) is 16.6 Å². The molecule has 0 aromatic heterocycles. The Morgan fingerprint density at radius 2 is 1.96 bits per heavy atom. The number of piperidine rings is 1. The molecule has 2 aromatic rings. The van der Waals surface area contributed by atoms with Crippen LogP contribution < -0.4 is 4.90 Å². The molecule has 1 fully saturated rings. The molecule has 2 heterocycles. The Bertz CT molecular complexity index is 884. The molecule has 1 saturated heterocycles. The Balaban J connectivity index is 1.50. The van der Waals surface area contributed by atoms with Gasteiger partial charge in [0.1, 0.15) is 0 Å². The summed E-state index contributed by atoms with van der Waals surface area (Å²) in [6.45, 7) is 4.52. The highest BCUT2D eigenvalue weighted by atomic mass is 79.9. The molecule has 28 heavy (non-hydrogen) atoms. The molecule has 2 aromatic carbocycles. The lowest BCUT2D eigenvalue weighted by atomic mass is 9.95. The fraction of sp³-hybridized carbons (Fsp3) is 0.409. The van der Waals surface area contributed by atoms with Gasteiger partial charge in [-0.15, -0.1) is 0 Å². The number of likely N-dealkylation sites (tertiary alicyclic amines) is 1. The van der Waals surface area contributed by atoms with Crippen LogP contribution in [0.2, 0.25) is 10.0 Å². The van der Waals surface area contributed by atoms with E-state index in [1.807, 2.05) is 29.2 Å². The minimum absolute atomic E-state index is 0.00654. The zero-order valence-corrected chi connectivity index (χ0v) is 18.9. The van der Waals surface area contributed by atoms with Crippen LogP contribution >= 0.6 is 39.1 Å². The van der Waals surface area contributed by atoms with Crippen molar-refractivity contribution >= 4 is 50.7 Å². The van der Waals surface area contributed by atoms with Gasteiger partial charge in [-0.2, -0.15) is 0 Å². The topological polar surface area (TPSA) is 23.6 Å². The molecule has 2 aliphatic rings. The number of hydrogen-bond acceptors (Lipinski definition) is 2. The molecule has 0 aliphatic carbocycles. The third-order valence-corrected chi connectivity index (χ3v) is 6.99. The van der Waals surface area contributed by atoms with Gasteiger partial charge in [0, 0.05) is 44.9 Å². The number of carbonyl (C=O) groups excluding carboxylic acids is 1. The smallest absolute Gasteiger partial charge is 0.231 e. The van der Waals surface area contributed by atoms with Gasteiger partial charge in [-0.1, -0.05) is 45.2 Å². The SMILES string of the molecule is C[C@H]1Cc2cc(Br)ccc2N1C(=O)[C@H]1CCCN(Cc2c(Cl)cccc2Cl)C1. The van der Waals surface area contributed by atoms with Crippen molar-refractivity contribution in [2.45, 2.75) is 38.8 Å².